The Morgan fingerprint density at radius 1 is 1.37 bits per heavy atom. The van der Waals surface area contributed by atoms with Crippen molar-refractivity contribution in [3.8, 4) is 0 Å². The molecule has 2 rings (SSSR count). The largest absolute Gasteiger partial charge is 0.348 e. The maximum Gasteiger partial charge on any atom is 0.261 e. The highest BCUT2D eigenvalue weighted by Gasteiger charge is 2.33. The van der Waals surface area contributed by atoms with Gasteiger partial charge in [-0.3, -0.25) is 9.59 Å². The topological polar surface area (TPSA) is 84.2 Å². The zero-order valence-electron chi connectivity index (χ0n) is 10.8. The molecule has 1 aliphatic carbocycles. The molecule has 4 N–H and O–H groups in total. The summed E-state index contributed by atoms with van der Waals surface area (Å²) in [4.78, 5) is 24.2. The minimum atomic E-state index is -0.259. The van der Waals surface area contributed by atoms with Crippen LogP contribution >= 0.6 is 11.3 Å². The second-order valence-electron chi connectivity index (χ2n) is 4.90. The van der Waals surface area contributed by atoms with Crippen LogP contribution in [0, 0.1) is 0 Å². The summed E-state index contributed by atoms with van der Waals surface area (Å²) in [5.74, 6) is -0.379. The molecule has 2 amide bonds. The third-order valence-corrected chi connectivity index (χ3v) is 4.38. The quantitative estimate of drug-likeness (QED) is 0.748. The number of hydrogen-bond acceptors (Lipinski definition) is 4. The van der Waals surface area contributed by atoms with Gasteiger partial charge < -0.3 is 16.4 Å². The molecule has 1 heterocycles. The molecular weight excluding hydrogens is 262 g/mol. The van der Waals surface area contributed by atoms with Crippen molar-refractivity contribution in [2.24, 2.45) is 5.73 Å². The molecule has 5 nitrogen and oxygen atoms in total. The highest BCUT2D eigenvalue weighted by molar-refractivity contribution is 7.12. The predicted octanol–water partition coefficient (Wildman–Crippen LogP) is 0.866. The van der Waals surface area contributed by atoms with Gasteiger partial charge in [0.15, 0.2) is 0 Å². The van der Waals surface area contributed by atoms with Crippen LogP contribution in [0.4, 0.5) is 0 Å². The van der Waals surface area contributed by atoms with E-state index in [1.165, 1.54) is 11.3 Å². The standard InChI is InChI=1S/C13H19N3O2S/c14-9-13(5-1-2-6-13)16-11(17)8-15-12(18)10-4-3-7-19-10/h3-4,7H,1-2,5-6,8-9,14H2,(H,15,18)(H,16,17). The van der Waals surface area contributed by atoms with Gasteiger partial charge in [0.05, 0.1) is 17.0 Å². The Balaban J connectivity index is 1.80. The third kappa shape index (κ3) is 3.54. The Bertz CT molecular complexity index is 439. The molecular formula is C13H19N3O2S. The number of thiophene rings is 1. The number of hydrogen-bond donors (Lipinski definition) is 3. The zero-order valence-corrected chi connectivity index (χ0v) is 11.6. The SMILES string of the molecule is NCC1(NC(=O)CNC(=O)c2cccs2)CCCC1. The maximum atomic E-state index is 11.9. The molecule has 0 aliphatic heterocycles. The van der Waals surface area contributed by atoms with Crippen LogP contribution in [0.2, 0.25) is 0 Å². The van der Waals surface area contributed by atoms with Crippen LogP contribution in [0.5, 0.6) is 0 Å². The second-order valence-corrected chi connectivity index (χ2v) is 5.85. The Hall–Kier alpha value is -1.40. The third-order valence-electron chi connectivity index (χ3n) is 3.51. The lowest BCUT2D eigenvalue weighted by molar-refractivity contribution is -0.121. The lowest BCUT2D eigenvalue weighted by atomic mass is 9.98. The molecule has 0 bridgehead atoms. The van der Waals surface area contributed by atoms with Gasteiger partial charge in [-0.1, -0.05) is 18.9 Å². The van der Waals surface area contributed by atoms with Gasteiger partial charge in [-0.2, -0.15) is 0 Å². The average Bonchev–Trinajstić information content (AvgIpc) is 3.07. The van der Waals surface area contributed by atoms with Crippen molar-refractivity contribution in [3.05, 3.63) is 22.4 Å². The molecule has 0 atom stereocenters. The van der Waals surface area contributed by atoms with Gasteiger partial charge in [-0.05, 0) is 24.3 Å². The highest BCUT2D eigenvalue weighted by atomic mass is 32.1. The molecule has 104 valence electrons. The summed E-state index contributed by atoms with van der Waals surface area (Å²) in [7, 11) is 0. The van der Waals surface area contributed by atoms with E-state index in [4.69, 9.17) is 5.73 Å². The Labute approximate surface area is 116 Å². The number of carbonyl (C=O) groups is 2. The van der Waals surface area contributed by atoms with Crippen molar-refractivity contribution in [1.82, 2.24) is 10.6 Å². The van der Waals surface area contributed by atoms with E-state index in [0.717, 1.165) is 25.7 Å². The van der Waals surface area contributed by atoms with Crippen LogP contribution in [0.3, 0.4) is 0 Å². The number of carbonyl (C=O) groups excluding carboxylic acids is 2. The van der Waals surface area contributed by atoms with Crippen molar-refractivity contribution < 1.29 is 9.59 Å². The average molecular weight is 281 g/mol. The molecule has 0 aromatic carbocycles. The summed E-state index contributed by atoms with van der Waals surface area (Å²) < 4.78 is 0. The number of amides is 2. The minimum absolute atomic E-state index is 0.00150. The number of nitrogens with one attached hydrogen (secondary N) is 2. The molecule has 1 aliphatic rings. The van der Waals surface area contributed by atoms with Crippen molar-refractivity contribution in [3.63, 3.8) is 0 Å². The maximum absolute atomic E-state index is 11.9. The molecule has 1 aromatic heterocycles. The first-order valence-electron chi connectivity index (χ1n) is 6.48. The van der Waals surface area contributed by atoms with Gasteiger partial charge in [-0.15, -0.1) is 11.3 Å². The monoisotopic (exact) mass is 281 g/mol. The normalized spacial score (nSPS) is 17.1. The van der Waals surface area contributed by atoms with Crippen LogP contribution in [-0.2, 0) is 4.79 Å². The van der Waals surface area contributed by atoms with Crippen LogP contribution < -0.4 is 16.4 Å². The van der Waals surface area contributed by atoms with Gasteiger partial charge in [0.1, 0.15) is 0 Å². The van der Waals surface area contributed by atoms with Gasteiger partial charge >= 0.3 is 0 Å². The molecule has 1 fully saturated rings. The molecule has 1 saturated carbocycles. The zero-order chi connectivity index (χ0) is 13.7. The number of rotatable bonds is 5. The van der Waals surface area contributed by atoms with E-state index in [0.29, 0.717) is 11.4 Å². The van der Waals surface area contributed by atoms with Crippen molar-refractivity contribution in [1.29, 1.82) is 0 Å². The fourth-order valence-electron chi connectivity index (χ4n) is 2.43. The highest BCUT2D eigenvalue weighted by Crippen LogP contribution is 2.28. The fourth-order valence-corrected chi connectivity index (χ4v) is 3.07. The fraction of sp³-hybridized carbons (Fsp3) is 0.538. The van der Waals surface area contributed by atoms with E-state index in [-0.39, 0.29) is 23.9 Å². The molecule has 1 aromatic rings. The molecule has 0 spiro atoms. The van der Waals surface area contributed by atoms with Gasteiger partial charge in [0, 0.05) is 6.54 Å². The minimum Gasteiger partial charge on any atom is -0.348 e. The Morgan fingerprint density at radius 2 is 2.11 bits per heavy atom. The van der Waals surface area contributed by atoms with Crippen LogP contribution in [0.15, 0.2) is 17.5 Å². The molecule has 6 heteroatoms. The van der Waals surface area contributed by atoms with Crippen molar-refractivity contribution >= 4 is 23.2 Å². The summed E-state index contributed by atoms with van der Waals surface area (Å²) in [5, 5.41) is 7.42. The van der Waals surface area contributed by atoms with Gasteiger partial charge in [-0.25, -0.2) is 0 Å². The Morgan fingerprint density at radius 3 is 2.68 bits per heavy atom. The molecule has 0 saturated heterocycles. The van der Waals surface area contributed by atoms with E-state index in [2.05, 4.69) is 10.6 Å². The van der Waals surface area contributed by atoms with E-state index in [1.54, 1.807) is 6.07 Å². The molecule has 0 radical (unpaired) electrons. The van der Waals surface area contributed by atoms with Crippen molar-refractivity contribution in [2.45, 2.75) is 31.2 Å². The first-order chi connectivity index (χ1) is 9.15. The lowest BCUT2D eigenvalue weighted by Gasteiger charge is -2.28. The summed E-state index contributed by atoms with van der Waals surface area (Å²) in [6.07, 6.45) is 4.04. The number of nitrogens with two attached hydrogens (primary N) is 1. The molecule has 0 unspecified atom stereocenters. The van der Waals surface area contributed by atoms with Crippen LogP contribution in [-0.4, -0.2) is 30.4 Å². The summed E-state index contributed by atoms with van der Waals surface area (Å²) in [6, 6.07) is 3.54. The van der Waals surface area contributed by atoms with E-state index >= 15 is 0 Å². The summed E-state index contributed by atoms with van der Waals surface area (Å²) in [6.45, 7) is 0.454. The van der Waals surface area contributed by atoms with E-state index in [9.17, 15) is 9.59 Å². The smallest absolute Gasteiger partial charge is 0.261 e. The van der Waals surface area contributed by atoms with Gasteiger partial charge in [0.25, 0.3) is 5.91 Å². The van der Waals surface area contributed by atoms with E-state index in [1.807, 2.05) is 11.4 Å². The first kappa shape index (κ1) is 14.0. The first-order valence-corrected chi connectivity index (χ1v) is 7.36. The predicted molar refractivity (Wildman–Crippen MR) is 75.0 cm³/mol. The van der Waals surface area contributed by atoms with E-state index < -0.39 is 0 Å². The second kappa shape index (κ2) is 6.16. The lowest BCUT2D eigenvalue weighted by Crippen LogP contribution is -2.54. The van der Waals surface area contributed by atoms with Gasteiger partial charge in [0.2, 0.25) is 5.91 Å². The van der Waals surface area contributed by atoms with Crippen LogP contribution in [0.1, 0.15) is 35.4 Å². The van der Waals surface area contributed by atoms with Crippen molar-refractivity contribution in [2.75, 3.05) is 13.1 Å². The molecule has 19 heavy (non-hydrogen) atoms. The Kier molecular flexibility index (Phi) is 4.55. The summed E-state index contributed by atoms with van der Waals surface area (Å²) in [5.41, 5.74) is 5.49. The summed E-state index contributed by atoms with van der Waals surface area (Å²) >= 11 is 1.36. The van der Waals surface area contributed by atoms with Crippen LogP contribution in [0.25, 0.3) is 0 Å².